The largest absolute Gasteiger partial charge is 0.457 e. The molecule has 0 saturated carbocycles. The molecule has 1 aromatic heterocycles. The molecule has 0 atom stereocenters. The number of ether oxygens (including phenoxy) is 1. The van der Waals surface area contributed by atoms with Gasteiger partial charge in [0.25, 0.3) is 0 Å². The zero-order valence-electron chi connectivity index (χ0n) is 14.9. The molecule has 3 aromatic rings. The lowest BCUT2D eigenvalue weighted by molar-refractivity contribution is 0.321. The number of rotatable bonds is 8. The minimum Gasteiger partial charge on any atom is -0.457 e. The molecule has 1 heterocycles. The fraction of sp³-hybridized carbons (Fsp3) is 0.286. The van der Waals surface area contributed by atoms with Crippen LogP contribution in [0.25, 0.3) is 11.3 Å². The molecule has 0 radical (unpaired) electrons. The topological polar surface area (TPSA) is 41.2 Å². The van der Waals surface area contributed by atoms with Gasteiger partial charge in [-0.15, -0.1) is 0 Å². The molecule has 1 N–H and O–H groups in total. The van der Waals surface area contributed by atoms with Gasteiger partial charge in [0.05, 0.1) is 11.9 Å². The van der Waals surface area contributed by atoms with Gasteiger partial charge in [0.15, 0.2) is 0 Å². The zero-order chi connectivity index (χ0) is 17.5. The molecule has 4 heteroatoms. The molecular formula is C21H25N3O. The summed E-state index contributed by atoms with van der Waals surface area (Å²) in [6.45, 7) is 4.22. The van der Waals surface area contributed by atoms with Crippen LogP contribution in [0.15, 0.2) is 60.8 Å². The molecule has 0 spiro atoms. The van der Waals surface area contributed by atoms with Crippen molar-refractivity contribution in [2.24, 2.45) is 0 Å². The van der Waals surface area contributed by atoms with Crippen LogP contribution in [-0.4, -0.2) is 28.7 Å². The Kier molecular flexibility index (Phi) is 5.86. The highest BCUT2D eigenvalue weighted by atomic mass is 16.5. The van der Waals surface area contributed by atoms with Gasteiger partial charge in [-0.05, 0) is 56.4 Å². The first kappa shape index (κ1) is 17.2. The van der Waals surface area contributed by atoms with Crippen LogP contribution in [0.3, 0.4) is 0 Å². The average Bonchev–Trinajstić information content (AvgIpc) is 3.09. The predicted molar refractivity (Wildman–Crippen MR) is 102 cm³/mol. The molecule has 0 amide bonds. The maximum absolute atomic E-state index is 5.86. The van der Waals surface area contributed by atoms with Crippen LogP contribution in [-0.2, 0) is 6.54 Å². The molecule has 0 aliphatic heterocycles. The van der Waals surface area contributed by atoms with E-state index < -0.39 is 0 Å². The lowest BCUT2D eigenvalue weighted by Crippen LogP contribution is -2.19. The molecule has 4 nitrogen and oxygen atoms in total. The Morgan fingerprint density at radius 3 is 2.44 bits per heavy atom. The first-order valence-corrected chi connectivity index (χ1v) is 8.80. The molecule has 0 unspecified atom stereocenters. The molecule has 0 bridgehead atoms. The van der Waals surface area contributed by atoms with E-state index >= 15 is 0 Å². The second-order valence-electron chi connectivity index (χ2n) is 6.30. The lowest BCUT2D eigenvalue weighted by atomic mass is 10.1. The Morgan fingerprint density at radius 1 is 1.00 bits per heavy atom. The van der Waals surface area contributed by atoms with E-state index in [1.54, 1.807) is 0 Å². The van der Waals surface area contributed by atoms with Gasteiger partial charge in [0, 0.05) is 17.7 Å². The van der Waals surface area contributed by atoms with Crippen LogP contribution in [0.1, 0.15) is 25.3 Å². The number of unbranched alkanes of at least 4 members (excludes halogenated alkanes) is 1. The average molecular weight is 335 g/mol. The minimum atomic E-state index is 0.830. The van der Waals surface area contributed by atoms with Crippen molar-refractivity contribution in [3.05, 3.63) is 66.4 Å². The van der Waals surface area contributed by atoms with E-state index in [0.717, 1.165) is 35.8 Å². The second kappa shape index (κ2) is 8.49. The number of H-pyrrole nitrogens is 1. The van der Waals surface area contributed by atoms with Crippen molar-refractivity contribution >= 4 is 0 Å². The molecule has 0 saturated heterocycles. The van der Waals surface area contributed by atoms with Gasteiger partial charge in [-0.3, -0.25) is 5.10 Å². The number of hydrogen-bond donors (Lipinski definition) is 1. The Labute approximate surface area is 149 Å². The Morgan fingerprint density at radius 2 is 1.72 bits per heavy atom. The monoisotopic (exact) mass is 335 g/mol. The van der Waals surface area contributed by atoms with Crippen LogP contribution in [0.4, 0.5) is 0 Å². The summed E-state index contributed by atoms with van der Waals surface area (Å²) in [5.74, 6) is 1.67. The van der Waals surface area contributed by atoms with Crippen molar-refractivity contribution in [1.29, 1.82) is 0 Å². The molecule has 2 aromatic carbocycles. The maximum atomic E-state index is 5.86. The zero-order valence-corrected chi connectivity index (χ0v) is 14.9. The molecule has 0 fully saturated rings. The normalized spacial score (nSPS) is 11.0. The van der Waals surface area contributed by atoms with Crippen molar-refractivity contribution < 1.29 is 4.74 Å². The molecule has 0 aliphatic rings. The van der Waals surface area contributed by atoms with Crippen LogP contribution in [0.2, 0.25) is 0 Å². The summed E-state index contributed by atoms with van der Waals surface area (Å²) >= 11 is 0. The highest BCUT2D eigenvalue weighted by Gasteiger charge is 2.10. The number of nitrogens with zero attached hydrogens (tertiary/aromatic N) is 2. The van der Waals surface area contributed by atoms with Crippen molar-refractivity contribution in [3.63, 3.8) is 0 Å². The van der Waals surface area contributed by atoms with E-state index in [-0.39, 0.29) is 0 Å². The first-order valence-electron chi connectivity index (χ1n) is 8.80. The summed E-state index contributed by atoms with van der Waals surface area (Å²) in [6.07, 6.45) is 4.35. The number of nitrogens with one attached hydrogen (secondary N) is 1. The molecule has 25 heavy (non-hydrogen) atoms. The smallest absolute Gasteiger partial charge is 0.127 e. The summed E-state index contributed by atoms with van der Waals surface area (Å²) in [4.78, 5) is 2.34. The summed E-state index contributed by atoms with van der Waals surface area (Å²) in [5, 5.41) is 7.37. The standard InChI is InChI=1S/C21H25N3O/c1-3-4-14-24(2)16-18-15-22-23-21(18)17-10-12-20(13-11-17)25-19-8-6-5-7-9-19/h5-13,15H,3-4,14,16H2,1-2H3,(H,22,23). The van der Waals surface area contributed by atoms with E-state index in [1.165, 1.54) is 18.4 Å². The van der Waals surface area contributed by atoms with Crippen molar-refractivity contribution in [1.82, 2.24) is 15.1 Å². The first-order chi connectivity index (χ1) is 12.3. The van der Waals surface area contributed by atoms with Crippen LogP contribution < -0.4 is 4.74 Å². The number of aromatic nitrogens is 2. The Balaban J connectivity index is 1.69. The highest BCUT2D eigenvalue weighted by Crippen LogP contribution is 2.27. The lowest BCUT2D eigenvalue weighted by Gasteiger charge is -2.16. The summed E-state index contributed by atoms with van der Waals surface area (Å²) in [5.41, 5.74) is 3.42. The van der Waals surface area contributed by atoms with Crippen LogP contribution in [0, 0.1) is 0 Å². The molecular weight excluding hydrogens is 310 g/mol. The van der Waals surface area contributed by atoms with Gasteiger partial charge in [-0.25, -0.2) is 0 Å². The van der Waals surface area contributed by atoms with E-state index in [2.05, 4.69) is 41.2 Å². The number of aromatic amines is 1. The fourth-order valence-corrected chi connectivity index (χ4v) is 2.79. The van der Waals surface area contributed by atoms with Crippen molar-refractivity contribution in [3.8, 4) is 22.8 Å². The van der Waals surface area contributed by atoms with E-state index in [9.17, 15) is 0 Å². The summed E-state index contributed by atoms with van der Waals surface area (Å²) in [6, 6.07) is 17.9. The summed E-state index contributed by atoms with van der Waals surface area (Å²) < 4.78 is 5.86. The molecule has 3 rings (SSSR count). The van der Waals surface area contributed by atoms with Gasteiger partial charge in [0.1, 0.15) is 11.5 Å². The number of benzene rings is 2. The van der Waals surface area contributed by atoms with E-state index in [1.807, 2.05) is 48.7 Å². The van der Waals surface area contributed by atoms with Crippen molar-refractivity contribution in [2.45, 2.75) is 26.3 Å². The Hall–Kier alpha value is -2.59. The fourth-order valence-electron chi connectivity index (χ4n) is 2.79. The Bertz CT molecular complexity index is 765. The van der Waals surface area contributed by atoms with Crippen molar-refractivity contribution in [2.75, 3.05) is 13.6 Å². The third-order valence-electron chi connectivity index (χ3n) is 4.17. The summed E-state index contributed by atoms with van der Waals surface area (Å²) in [7, 11) is 2.16. The SMILES string of the molecule is CCCCN(C)Cc1cn[nH]c1-c1ccc(Oc2ccccc2)cc1. The van der Waals surface area contributed by atoms with E-state index in [0.29, 0.717) is 0 Å². The maximum Gasteiger partial charge on any atom is 0.127 e. The van der Waals surface area contributed by atoms with Gasteiger partial charge in [-0.1, -0.05) is 31.5 Å². The quantitative estimate of drug-likeness (QED) is 0.622. The molecule has 0 aliphatic carbocycles. The van der Waals surface area contributed by atoms with Gasteiger partial charge in [-0.2, -0.15) is 5.10 Å². The van der Waals surface area contributed by atoms with Crippen LogP contribution >= 0.6 is 0 Å². The number of para-hydroxylation sites is 1. The van der Waals surface area contributed by atoms with Gasteiger partial charge >= 0.3 is 0 Å². The predicted octanol–water partition coefficient (Wildman–Crippen LogP) is 5.10. The van der Waals surface area contributed by atoms with Gasteiger partial charge in [0.2, 0.25) is 0 Å². The van der Waals surface area contributed by atoms with Gasteiger partial charge < -0.3 is 9.64 Å². The van der Waals surface area contributed by atoms with E-state index in [4.69, 9.17) is 4.74 Å². The minimum absolute atomic E-state index is 0.830. The third kappa shape index (κ3) is 4.70. The highest BCUT2D eigenvalue weighted by molar-refractivity contribution is 5.63. The third-order valence-corrected chi connectivity index (χ3v) is 4.17. The number of hydrogen-bond acceptors (Lipinski definition) is 3. The second-order valence-corrected chi connectivity index (χ2v) is 6.30. The van der Waals surface area contributed by atoms with Crippen LogP contribution in [0.5, 0.6) is 11.5 Å². The molecule has 130 valence electrons.